The predicted molar refractivity (Wildman–Crippen MR) is 81.5 cm³/mol. The first-order chi connectivity index (χ1) is 10.2. The number of nitro benzene ring substituents is 1. The summed E-state index contributed by atoms with van der Waals surface area (Å²) in [6.07, 6.45) is 0. The van der Waals surface area contributed by atoms with E-state index in [2.05, 4.69) is 4.98 Å². The molecule has 0 bridgehead atoms. The van der Waals surface area contributed by atoms with E-state index in [0.717, 1.165) is 22.4 Å². The van der Waals surface area contributed by atoms with Crippen molar-refractivity contribution < 1.29 is 4.92 Å². The standard InChI is InChI=1S/C15H12ClN3O2/c16-9-15-17-13-3-1-2-4-14(13)18(15)10-11-5-7-12(8-6-11)19(20)21/h1-8H,9-10H2. The molecule has 0 saturated heterocycles. The molecular formula is C15H12ClN3O2. The van der Waals surface area contributed by atoms with Gasteiger partial charge in [-0.2, -0.15) is 0 Å². The molecule has 106 valence electrons. The number of non-ortho nitro benzene ring substituents is 1. The molecule has 0 atom stereocenters. The summed E-state index contributed by atoms with van der Waals surface area (Å²) in [5.74, 6) is 1.11. The van der Waals surface area contributed by atoms with Crippen molar-refractivity contribution in [1.82, 2.24) is 9.55 Å². The SMILES string of the molecule is O=[N+]([O-])c1ccc(Cn2c(CCl)nc3ccccc32)cc1. The van der Waals surface area contributed by atoms with Gasteiger partial charge < -0.3 is 4.57 Å². The number of hydrogen-bond acceptors (Lipinski definition) is 3. The van der Waals surface area contributed by atoms with Gasteiger partial charge in [0.15, 0.2) is 0 Å². The van der Waals surface area contributed by atoms with E-state index < -0.39 is 4.92 Å². The van der Waals surface area contributed by atoms with Crippen LogP contribution in [0.2, 0.25) is 0 Å². The third-order valence-electron chi connectivity index (χ3n) is 3.34. The van der Waals surface area contributed by atoms with Gasteiger partial charge in [-0.05, 0) is 17.7 Å². The van der Waals surface area contributed by atoms with E-state index in [-0.39, 0.29) is 5.69 Å². The van der Waals surface area contributed by atoms with E-state index >= 15 is 0 Å². The van der Waals surface area contributed by atoms with Gasteiger partial charge in [-0.1, -0.05) is 24.3 Å². The van der Waals surface area contributed by atoms with Crippen LogP contribution in [0.25, 0.3) is 11.0 Å². The van der Waals surface area contributed by atoms with Crippen molar-refractivity contribution >= 4 is 28.3 Å². The smallest absolute Gasteiger partial charge is 0.269 e. The van der Waals surface area contributed by atoms with Crippen LogP contribution in [0.4, 0.5) is 5.69 Å². The molecule has 5 nitrogen and oxygen atoms in total. The average Bonchev–Trinajstić information content (AvgIpc) is 2.86. The fraction of sp³-hybridized carbons (Fsp3) is 0.133. The Morgan fingerprint density at radius 2 is 1.86 bits per heavy atom. The Morgan fingerprint density at radius 3 is 2.52 bits per heavy atom. The topological polar surface area (TPSA) is 61.0 Å². The lowest BCUT2D eigenvalue weighted by Crippen LogP contribution is -2.03. The van der Waals surface area contributed by atoms with E-state index in [1.54, 1.807) is 12.1 Å². The monoisotopic (exact) mass is 301 g/mol. The molecule has 1 heterocycles. The van der Waals surface area contributed by atoms with Crippen molar-refractivity contribution in [3.63, 3.8) is 0 Å². The summed E-state index contributed by atoms with van der Waals surface area (Å²) in [5, 5.41) is 10.7. The minimum absolute atomic E-state index is 0.0896. The van der Waals surface area contributed by atoms with Gasteiger partial charge in [0.1, 0.15) is 5.82 Å². The minimum Gasteiger partial charge on any atom is -0.322 e. The van der Waals surface area contributed by atoms with Gasteiger partial charge in [-0.3, -0.25) is 10.1 Å². The summed E-state index contributed by atoms with van der Waals surface area (Å²) in [4.78, 5) is 14.8. The normalized spacial score (nSPS) is 10.9. The van der Waals surface area contributed by atoms with Gasteiger partial charge in [0.05, 0.1) is 21.8 Å². The van der Waals surface area contributed by atoms with Crippen molar-refractivity contribution in [3.05, 3.63) is 70.0 Å². The van der Waals surface area contributed by atoms with E-state index in [9.17, 15) is 10.1 Å². The maximum absolute atomic E-state index is 10.7. The van der Waals surface area contributed by atoms with Crippen LogP contribution in [-0.4, -0.2) is 14.5 Å². The summed E-state index contributed by atoms with van der Waals surface area (Å²) >= 11 is 5.96. The second-order valence-electron chi connectivity index (χ2n) is 4.66. The molecule has 3 aromatic rings. The molecule has 0 aliphatic carbocycles. The Morgan fingerprint density at radius 1 is 1.14 bits per heavy atom. The minimum atomic E-state index is -0.402. The Kier molecular flexibility index (Phi) is 3.58. The zero-order valence-electron chi connectivity index (χ0n) is 11.1. The number of fused-ring (bicyclic) bond motifs is 1. The molecule has 0 unspecified atom stereocenters. The van der Waals surface area contributed by atoms with Crippen LogP contribution < -0.4 is 0 Å². The highest BCUT2D eigenvalue weighted by Gasteiger charge is 2.10. The summed E-state index contributed by atoms with van der Waals surface area (Å²) < 4.78 is 2.03. The molecule has 1 aromatic heterocycles. The zero-order valence-corrected chi connectivity index (χ0v) is 11.8. The van der Waals surface area contributed by atoms with Crippen LogP contribution in [0.15, 0.2) is 48.5 Å². The summed E-state index contributed by atoms with van der Waals surface area (Å²) in [6.45, 7) is 0.584. The van der Waals surface area contributed by atoms with Crippen molar-refractivity contribution in [1.29, 1.82) is 0 Å². The summed E-state index contributed by atoms with van der Waals surface area (Å²) in [6, 6.07) is 14.3. The second-order valence-corrected chi connectivity index (χ2v) is 4.93. The fourth-order valence-corrected chi connectivity index (χ4v) is 2.51. The summed E-state index contributed by atoms with van der Waals surface area (Å²) in [7, 11) is 0. The first-order valence-corrected chi connectivity index (χ1v) is 6.96. The Labute approximate surface area is 125 Å². The second kappa shape index (κ2) is 5.54. The molecule has 0 aliphatic rings. The summed E-state index contributed by atoms with van der Waals surface area (Å²) in [5.41, 5.74) is 2.96. The largest absolute Gasteiger partial charge is 0.322 e. The lowest BCUT2D eigenvalue weighted by molar-refractivity contribution is -0.384. The van der Waals surface area contributed by atoms with Gasteiger partial charge in [0, 0.05) is 18.7 Å². The average molecular weight is 302 g/mol. The number of benzene rings is 2. The highest BCUT2D eigenvalue weighted by molar-refractivity contribution is 6.16. The molecule has 3 rings (SSSR count). The van der Waals surface area contributed by atoms with Crippen LogP contribution in [0.3, 0.4) is 0 Å². The number of aromatic nitrogens is 2. The number of para-hydroxylation sites is 2. The molecule has 0 amide bonds. The number of nitro groups is 1. The first-order valence-electron chi connectivity index (χ1n) is 6.42. The number of nitrogens with zero attached hydrogens (tertiary/aromatic N) is 3. The van der Waals surface area contributed by atoms with Gasteiger partial charge in [-0.25, -0.2) is 4.98 Å². The molecule has 0 aliphatic heterocycles. The molecule has 0 N–H and O–H groups in total. The van der Waals surface area contributed by atoms with Crippen molar-refractivity contribution in [2.45, 2.75) is 12.4 Å². The third-order valence-corrected chi connectivity index (χ3v) is 3.58. The van der Waals surface area contributed by atoms with E-state index in [1.165, 1.54) is 12.1 Å². The highest BCUT2D eigenvalue weighted by Crippen LogP contribution is 2.20. The van der Waals surface area contributed by atoms with Gasteiger partial charge >= 0.3 is 0 Å². The third kappa shape index (κ3) is 2.60. The van der Waals surface area contributed by atoms with Crippen molar-refractivity contribution in [3.8, 4) is 0 Å². The Hall–Kier alpha value is -2.40. The number of hydrogen-bond donors (Lipinski definition) is 0. The number of alkyl halides is 1. The van der Waals surface area contributed by atoms with Crippen LogP contribution in [0.5, 0.6) is 0 Å². The Balaban J connectivity index is 1.99. The molecule has 6 heteroatoms. The lowest BCUT2D eigenvalue weighted by Gasteiger charge is -2.07. The van der Waals surface area contributed by atoms with Gasteiger partial charge in [-0.15, -0.1) is 11.6 Å². The van der Waals surface area contributed by atoms with Crippen LogP contribution >= 0.6 is 11.6 Å². The zero-order chi connectivity index (χ0) is 14.8. The number of halogens is 1. The lowest BCUT2D eigenvalue weighted by atomic mass is 10.2. The van der Waals surface area contributed by atoms with Gasteiger partial charge in [0.2, 0.25) is 0 Å². The van der Waals surface area contributed by atoms with E-state index in [0.29, 0.717) is 12.4 Å². The molecule has 21 heavy (non-hydrogen) atoms. The van der Waals surface area contributed by atoms with E-state index in [1.807, 2.05) is 28.8 Å². The number of imidazole rings is 1. The van der Waals surface area contributed by atoms with Gasteiger partial charge in [0.25, 0.3) is 5.69 Å². The molecule has 2 aromatic carbocycles. The first kappa shape index (κ1) is 13.6. The fourth-order valence-electron chi connectivity index (χ4n) is 2.31. The van der Waals surface area contributed by atoms with Crippen molar-refractivity contribution in [2.75, 3.05) is 0 Å². The van der Waals surface area contributed by atoms with Crippen LogP contribution in [0, 0.1) is 10.1 Å². The van der Waals surface area contributed by atoms with Crippen LogP contribution in [-0.2, 0) is 12.4 Å². The number of rotatable bonds is 4. The Bertz CT molecular complexity index is 796. The molecule has 0 spiro atoms. The van der Waals surface area contributed by atoms with Crippen molar-refractivity contribution in [2.24, 2.45) is 0 Å². The molecule has 0 radical (unpaired) electrons. The highest BCUT2D eigenvalue weighted by atomic mass is 35.5. The predicted octanol–water partition coefficient (Wildman–Crippen LogP) is 3.73. The molecule has 0 saturated carbocycles. The molecule has 0 fully saturated rings. The van der Waals surface area contributed by atoms with Crippen LogP contribution in [0.1, 0.15) is 11.4 Å². The molecular weight excluding hydrogens is 290 g/mol. The maximum Gasteiger partial charge on any atom is 0.269 e. The maximum atomic E-state index is 10.7. The quantitative estimate of drug-likeness (QED) is 0.419. The van der Waals surface area contributed by atoms with E-state index in [4.69, 9.17) is 11.6 Å².